The molecule has 0 saturated carbocycles. The summed E-state index contributed by atoms with van der Waals surface area (Å²) in [6.45, 7) is 8.98. The van der Waals surface area contributed by atoms with Crippen molar-refractivity contribution in [3.8, 4) is 11.1 Å². The second-order valence-electron chi connectivity index (χ2n) is 6.82. The van der Waals surface area contributed by atoms with Crippen LogP contribution in [0.4, 0.5) is 0 Å². The highest BCUT2D eigenvalue weighted by Gasteiger charge is 2.31. The average molecular weight is 375 g/mol. The molecule has 1 aromatic carbocycles. The van der Waals surface area contributed by atoms with Gasteiger partial charge in [0.2, 0.25) is 5.91 Å². The Morgan fingerprint density at radius 1 is 1.22 bits per heavy atom. The number of aryl methyl sites for hydroxylation is 2. The number of nitrogens with zero attached hydrogens (tertiary/aromatic N) is 3. The van der Waals surface area contributed by atoms with Crippen molar-refractivity contribution >= 4 is 17.2 Å². The Balaban J connectivity index is 1.83. The molecular formula is C22H21N3OS. The maximum atomic E-state index is 12.3. The van der Waals surface area contributed by atoms with Gasteiger partial charge < -0.3 is 4.90 Å². The third-order valence-corrected chi connectivity index (χ3v) is 6.04. The summed E-state index contributed by atoms with van der Waals surface area (Å²) >= 11 is 1.77. The number of aromatic nitrogens is 2. The van der Waals surface area contributed by atoms with Crippen LogP contribution in [0.1, 0.15) is 32.6 Å². The molecule has 0 fully saturated rings. The minimum Gasteiger partial charge on any atom is -0.333 e. The summed E-state index contributed by atoms with van der Waals surface area (Å²) in [7, 11) is 0. The summed E-state index contributed by atoms with van der Waals surface area (Å²) < 4.78 is 0. The van der Waals surface area contributed by atoms with Crippen molar-refractivity contribution < 1.29 is 4.79 Å². The summed E-state index contributed by atoms with van der Waals surface area (Å²) in [4.78, 5) is 25.5. The first-order chi connectivity index (χ1) is 13.1. The summed E-state index contributed by atoms with van der Waals surface area (Å²) in [6.07, 6.45) is 5.15. The topological polar surface area (TPSA) is 46.1 Å². The molecule has 0 unspecified atom stereocenters. The van der Waals surface area contributed by atoms with Gasteiger partial charge in [-0.3, -0.25) is 4.79 Å². The Bertz CT molecular complexity index is 1010. The zero-order chi connectivity index (χ0) is 19.0. The van der Waals surface area contributed by atoms with Crippen LogP contribution in [-0.2, 0) is 11.3 Å². The highest BCUT2D eigenvalue weighted by atomic mass is 32.1. The van der Waals surface area contributed by atoms with E-state index in [2.05, 4.69) is 47.7 Å². The van der Waals surface area contributed by atoms with Gasteiger partial charge in [0.25, 0.3) is 0 Å². The number of fused-ring (bicyclic) bond motifs is 1. The molecule has 0 aliphatic carbocycles. The molecular weight excluding hydrogens is 354 g/mol. The molecule has 5 heteroatoms. The van der Waals surface area contributed by atoms with Crippen molar-refractivity contribution in [2.75, 3.05) is 6.54 Å². The van der Waals surface area contributed by atoms with Crippen LogP contribution in [0, 0.1) is 13.8 Å². The summed E-state index contributed by atoms with van der Waals surface area (Å²) in [5.74, 6) is 0.861. The van der Waals surface area contributed by atoms with Crippen LogP contribution < -0.4 is 0 Å². The van der Waals surface area contributed by atoms with E-state index in [-0.39, 0.29) is 11.8 Å². The quantitative estimate of drug-likeness (QED) is 0.634. The molecule has 0 radical (unpaired) electrons. The highest BCUT2D eigenvalue weighted by molar-refractivity contribution is 7.12. The zero-order valence-electron chi connectivity index (χ0n) is 15.5. The number of amides is 1. The number of benzene rings is 1. The summed E-state index contributed by atoms with van der Waals surface area (Å²) in [5.41, 5.74) is 4.64. The van der Waals surface area contributed by atoms with Gasteiger partial charge in [-0.05, 0) is 42.7 Å². The standard InChI is InChI=1S/C22H21N3OS/c1-4-22(26)25-12-20(19-9-14(2)27-21(19)13-25)18-8-6-5-7-17(18)16-10-23-15(3)24-11-16/h4-11,20H,1,12-13H2,2-3H3/t20-/m1/s1. The average Bonchev–Trinajstić information content (AvgIpc) is 3.07. The fourth-order valence-electron chi connectivity index (χ4n) is 3.72. The van der Waals surface area contributed by atoms with Gasteiger partial charge in [0, 0.05) is 40.2 Å². The Labute approximate surface area is 163 Å². The minimum absolute atomic E-state index is 0.0205. The van der Waals surface area contributed by atoms with E-state index >= 15 is 0 Å². The molecule has 2 aromatic heterocycles. The molecule has 0 bridgehead atoms. The van der Waals surface area contributed by atoms with E-state index in [4.69, 9.17) is 0 Å². The first-order valence-corrected chi connectivity index (χ1v) is 9.77. The van der Waals surface area contributed by atoms with E-state index in [0.29, 0.717) is 13.1 Å². The molecule has 1 aliphatic heterocycles. The van der Waals surface area contributed by atoms with Gasteiger partial charge in [-0.1, -0.05) is 30.8 Å². The van der Waals surface area contributed by atoms with Crippen LogP contribution in [0.2, 0.25) is 0 Å². The first kappa shape index (κ1) is 17.6. The van der Waals surface area contributed by atoms with Crippen molar-refractivity contribution in [1.82, 2.24) is 14.9 Å². The van der Waals surface area contributed by atoms with E-state index in [1.165, 1.54) is 27.0 Å². The lowest BCUT2D eigenvalue weighted by atomic mass is 9.84. The van der Waals surface area contributed by atoms with Crippen LogP contribution in [0.25, 0.3) is 11.1 Å². The van der Waals surface area contributed by atoms with Crippen LogP contribution in [-0.4, -0.2) is 27.3 Å². The Kier molecular flexibility index (Phi) is 4.62. The van der Waals surface area contributed by atoms with E-state index in [1.807, 2.05) is 30.3 Å². The molecule has 1 atom stereocenters. The maximum Gasteiger partial charge on any atom is 0.246 e. The van der Waals surface area contributed by atoms with Crippen LogP contribution >= 0.6 is 11.3 Å². The van der Waals surface area contributed by atoms with Crippen LogP contribution in [0.15, 0.2) is 55.4 Å². The predicted octanol–water partition coefficient (Wildman–Crippen LogP) is 4.48. The lowest BCUT2D eigenvalue weighted by molar-refractivity contribution is -0.127. The molecule has 1 aliphatic rings. The van der Waals surface area contributed by atoms with Gasteiger partial charge in [-0.15, -0.1) is 11.3 Å². The SMILES string of the molecule is C=CC(=O)N1Cc2sc(C)cc2[C@@H](c2ccccc2-c2cnc(C)nc2)C1. The van der Waals surface area contributed by atoms with Crippen molar-refractivity contribution in [3.63, 3.8) is 0 Å². The Hall–Kier alpha value is -2.79. The maximum absolute atomic E-state index is 12.3. The first-order valence-electron chi connectivity index (χ1n) is 8.95. The molecule has 4 nitrogen and oxygen atoms in total. The lowest BCUT2D eigenvalue weighted by Crippen LogP contribution is -2.37. The monoisotopic (exact) mass is 375 g/mol. The summed E-state index contributed by atoms with van der Waals surface area (Å²) in [6, 6.07) is 10.6. The molecule has 3 aromatic rings. The van der Waals surface area contributed by atoms with Crippen molar-refractivity contribution in [2.24, 2.45) is 0 Å². The van der Waals surface area contributed by atoms with Crippen molar-refractivity contribution in [3.05, 3.63) is 82.1 Å². The molecule has 0 saturated heterocycles. The zero-order valence-corrected chi connectivity index (χ0v) is 16.3. The van der Waals surface area contributed by atoms with Crippen molar-refractivity contribution in [1.29, 1.82) is 0 Å². The smallest absolute Gasteiger partial charge is 0.246 e. The van der Waals surface area contributed by atoms with Gasteiger partial charge in [-0.2, -0.15) is 0 Å². The number of hydrogen-bond donors (Lipinski definition) is 0. The fourth-order valence-corrected chi connectivity index (χ4v) is 4.83. The number of rotatable bonds is 3. The molecule has 3 heterocycles. The Morgan fingerprint density at radius 2 is 1.96 bits per heavy atom. The van der Waals surface area contributed by atoms with E-state index in [1.54, 1.807) is 11.3 Å². The van der Waals surface area contributed by atoms with Gasteiger partial charge in [-0.25, -0.2) is 9.97 Å². The van der Waals surface area contributed by atoms with Crippen molar-refractivity contribution in [2.45, 2.75) is 26.3 Å². The molecule has 1 amide bonds. The molecule has 27 heavy (non-hydrogen) atoms. The largest absolute Gasteiger partial charge is 0.333 e. The Morgan fingerprint density at radius 3 is 2.70 bits per heavy atom. The number of carbonyl (C=O) groups excluding carboxylic acids is 1. The van der Waals surface area contributed by atoms with E-state index in [9.17, 15) is 4.79 Å². The van der Waals surface area contributed by atoms with E-state index in [0.717, 1.165) is 17.0 Å². The number of hydrogen-bond acceptors (Lipinski definition) is 4. The predicted molar refractivity (Wildman–Crippen MR) is 109 cm³/mol. The second-order valence-corrected chi connectivity index (χ2v) is 8.16. The van der Waals surface area contributed by atoms with Gasteiger partial charge in [0.05, 0.1) is 6.54 Å². The number of thiophene rings is 1. The van der Waals surface area contributed by atoms with Crippen LogP contribution in [0.3, 0.4) is 0 Å². The molecule has 0 spiro atoms. The third-order valence-electron chi connectivity index (χ3n) is 4.99. The summed E-state index contributed by atoms with van der Waals surface area (Å²) in [5, 5.41) is 0. The van der Waals surface area contributed by atoms with Crippen LogP contribution in [0.5, 0.6) is 0 Å². The molecule has 0 N–H and O–H groups in total. The molecule has 4 rings (SSSR count). The normalized spacial score (nSPS) is 16.1. The minimum atomic E-state index is -0.0205. The highest BCUT2D eigenvalue weighted by Crippen LogP contribution is 2.41. The van der Waals surface area contributed by atoms with Gasteiger partial charge in [0.1, 0.15) is 5.82 Å². The van der Waals surface area contributed by atoms with Gasteiger partial charge >= 0.3 is 0 Å². The lowest BCUT2D eigenvalue weighted by Gasteiger charge is -2.33. The fraction of sp³-hybridized carbons (Fsp3) is 0.227. The van der Waals surface area contributed by atoms with Gasteiger partial charge in [0.15, 0.2) is 0 Å². The second kappa shape index (κ2) is 7.08. The number of carbonyl (C=O) groups is 1. The van der Waals surface area contributed by atoms with E-state index < -0.39 is 0 Å². The molecule has 136 valence electrons. The third kappa shape index (κ3) is 3.30.